The van der Waals surface area contributed by atoms with Crippen LogP contribution in [-0.4, -0.2) is 22.4 Å². The molecule has 6 heteroatoms. The topological polar surface area (TPSA) is 66.9 Å². The Morgan fingerprint density at radius 3 is 2.77 bits per heavy atom. The van der Waals surface area contributed by atoms with Gasteiger partial charge in [-0.05, 0) is 37.6 Å². The second-order valence-corrected chi connectivity index (χ2v) is 5.68. The Kier molecular flexibility index (Phi) is 5.27. The Bertz CT molecular complexity index is 715. The maximum atomic E-state index is 12.4. The highest BCUT2D eigenvalue weighted by molar-refractivity contribution is 9.10. The predicted molar refractivity (Wildman–Crippen MR) is 92.3 cm³/mol. The molecule has 0 spiro atoms. The van der Waals surface area contributed by atoms with E-state index in [-0.39, 0.29) is 5.91 Å². The summed E-state index contributed by atoms with van der Waals surface area (Å²) in [5.74, 6) is 0.870. The fourth-order valence-corrected chi connectivity index (χ4v) is 2.38. The van der Waals surface area contributed by atoms with Gasteiger partial charge in [-0.3, -0.25) is 4.79 Å². The molecular formula is C16H17BrN4O. The molecule has 0 fully saturated rings. The molecule has 1 amide bonds. The lowest BCUT2D eigenvalue weighted by Crippen LogP contribution is -2.16. The summed E-state index contributed by atoms with van der Waals surface area (Å²) in [7, 11) is 0. The molecule has 114 valence electrons. The van der Waals surface area contributed by atoms with Gasteiger partial charge >= 0.3 is 0 Å². The molecule has 0 aliphatic carbocycles. The number of nitrogens with zero attached hydrogens (tertiary/aromatic N) is 2. The Morgan fingerprint density at radius 1 is 1.32 bits per heavy atom. The van der Waals surface area contributed by atoms with E-state index in [4.69, 9.17) is 0 Å². The molecular weight excluding hydrogens is 344 g/mol. The van der Waals surface area contributed by atoms with E-state index in [0.717, 1.165) is 15.7 Å². The van der Waals surface area contributed by atoms with Crippen LogP contribution in [-0.2, 0) is 0 Å². The van der Waals surface area contributed by atoms with E-state index in [1.54, 1.807) is 19.1 Å². The summed E-state index contributed by atoms with van der Waals surface area (Å²) in [6.45, 7) is 7.90. The first-order valence-corrected chi connectivity index (χ1v) is 7.57. The molecule has 0 radical (unpaired) electrons. The van der Waals surface area contributed by atoms with Crippen LogP contribution in [0, 0.1) is 13.8 Å². The number of rotatable bonds is 5. The van der Waals surface area contributed by atoms with Crippen molar-refractivity contribution in [3.8, 4) is 0 Å². The summed E-state index contributed by atoms with van der Waals surface area (Å²) < 4.78 is 0.969. The number of amides is 1. The fourth-order valence-electron chi connectivity index (χ4n) is 1.90. The number of carbonyl (C=O) groups excluding carboxylic acids is 1. The van der Waals surface area contributed by atoms with Crippen LogP contribution < -0.4 is 10.6 Å². The van der Waals surface area contributed by atoms with Gasteiger partial charge < -0.3 is 10.6 Å². The third-order valence-electron chi connectivity index (χ3n) is 2.93. The van der Waals surface area contributed by atoms with Gasteiger partial charge in [0.05, 0.1) is 0 Å². The predicted octanol–water partition coefficient (Wildman–Crippen LogP) is 3.71. The van der Waals surface area contributed by atoms with Gasteiger partial charge in [0.1, 0.15) is 17.3 Å². The molecule has 1 heterocycles. The summed E-state index contributed by atoms with van der Waals surface area (Å²) >= 11 is 3.40. The first-order valence-electron chi connectivity index (χ1n) is 6.77. The SMILES string of the molecule is C=CCNc1cc(C(=O)Nc2ccc(Br)cc2C)nc(C)n1. The van der Waals surface area contributed by atoms with Gasteiger partial charge in [-0.1, -0.05) is 22.0 Å². The summed E-state index contributed by atoms with van der Waals surface area (Å²) in [4.78, 5) is 20.8. The number of aromatic nitrogens is 2. The quantitative estimate of drug-likeness (QED) is 0.797. The fraction of sp³-hybridized carbons (Fsp3) is 0.188. The maximum Gasteiger partial charge on any atom is 0.274 e. The van der Waals surface area contributed by atoms with Gasteiger partial charge in [0.2, 0.25) is 0 Å². The normalized spacial score (nSPS) is 10.1. The van der Waals surface area contributed by atoms with Crippen LogP contribution in [0.2, 0.25) is 0 Å². The van der Waals surface area contributed by atoms with Crippen molar-refractivity contribution in [2.45, 2.75) is 13.8 Å². The summed E-state index contributed by atoms with van der Waals surface area (Å²) in [6.07, 6.45) is 1.72. The zero-order valence-electron chi connectivity index (χ0n) is 12.5. The molecule has 5 nitrogen and oxygen atoms in total. The summed E-state index contributed by atoms with van der Waals surface area (Å²) in [5.41, 5.74) is 2.05. The van der Waals surface area contributed by atoms with E-state index < -0.39 is 0 Å². The average Bonchev–Trinajstić information content (AvgIpc) is 2.47. The number of hydrogen-bond donors (Lipinski definition) is 2. The molecule has 0 aliphatic rings. The first-order chi connectivity index (χ1) is 10.5. The lowest BCUT2D eigenvalue weighted by molar-refractivity contribution is 0.102. The van der Waals surface area contributed by atoms with Crippen molar-refractivity contribution in [1.82, 2.24) is 9.97 Å². The van der Waals surface area contributed by atoms with E-state index >= 15 is 0 Å². The lowest BCUT2D eigenvalue weighted by atomic mass is 10.2. The van der Waals surface area contributed by atoms with Crippen molar-refractivity contribution >= 4 is 33.3 Å². The number of halogens is 1. The highest BCUT2D eigenvalue weighted by Gasteiger charge is 2.12. The molecule has 0 saturated carbocycles. The van der Waals surface area contributed by atoms with Gasteiger partial charge in [-0.25, -0.2) is 9.97 Å². The third-order valence-corrected chi connectivity index (χ3v) is 3.43. The second-order valence-electron chi connectivity index (χ2n) is 4.77. The number of anilines is 2. The Balaban J connectivity index is 2.21. The van der Waals surface area contributed by atoms with Crippen molar-refractivity contribution in [1.29, 1.82) is 0 Å². The van der Waals surface area contributed by atoms with Gasteiger partial charge in [0, 0.05) is 22.8 Å². The van der Waals surface area contributed by atoms with E-state index in [1.807, 2.05) is 25.1 Å². The number of benzene rings is 1. The zero-order chi connectivity index (χ0) is 16.1. The molecule has 2 aromatic rings. The third kappa shape index (κ3) is 4.14. The van der Waals surface area contributed by atoms with Crippen molar-refractivity contribution < 1.29 is 4.79 Å². The van der Waals surface area contributed by atoms with E-state index in [0.29, 0.717) is 23.9 Å². The summed E-state index contributed by atoms with van der Waals surface area (Å²) in [6, 6.07) is 7.30. The van der Waals surface area contributed by atoms with Crippen LogP contribution in [0.5, 0.6) is 0 Å². The highest BCUT2D eigenvalue weighted by atomic mass is 79.9. The smallest absolute Gasteiger partial charge is 0.274 e. The molecule has 22 heavy (non-hydrogen) atoms. The number of aryl methyl sites for hydroxylation is 2. The number of hydrogen-bond acceptors (Lipinski definition) is 4. The van der Waals surface area contributed by atoms with E-state index in [9.17, 15) is 4.79 Å². The van der Waals surface area contributed by atoms with Crippen LogP contribution in [0.4, 0.5) is 11.5 Å². The van der Waals surface area contributed by atoms with E-state index in [1.165, 1.54) is 0 Å². The zero-order valence-corrected chi connectivity index (χ0v) is 14.1. The molecule has 0 aliphatic heterocycles. The number of nitrogens with one attached hydrogen (secondary N) is 2. The molecule has 0 unspecified atom stereocenters. The lowest BCUT2D eigenvalue weighted by Gasteiger charge is -2.10. The minimum absolute atomic E-state index is 0.266. The maximum absolute atomic E-state index is 12.4. The number of carbonyl (C=O) groups is 1. The molecule has 2 rings (SSSR count). The highest BCUT2D eigenvalue weighted by Crippen LogP contribution is 2.20. The van der Waals surface area contributed by atoms with Crippen molar-refractivity contribution in [2.24, 2.45) is 0 Å². The van der Waals surface area contributed by atoms with Crippen LogP contribution in [0.25, 0.3) is 0 Å². The Morgan fingerprint density at radius 2 is 2.09 bits per heavy atom. The second kappa shape index (κ2) is 7.17. The van der Waals surface area contributed by atoms with Gasteiger partial charge in [0.25, 0.3) is 5.91 Å². The van der Waals surface area contributed by atoms with Gasteiger partial charge in [-0.15, -0.1) is 6.58 Å². The first kappa shape index (κ1) is 16.2. The largest absolute Gasteiger partial charge is 0.366 e. The van der Waals surface area contributed by atoms with Gasteiger partial charge in [0.15, 0.2) is 0 Å². The standard InChI is InChI=1S/C16H17BrN4O/c1-4-7-18-15-9-14(19-11(3)20-15)16(22)21-13-6-5-12(17)8-10(13)2/h4-6,8-9H,1,7H2,2-3H3,(H,21,22)(H,18,19,20). The molecule has 0 atom stereocenters. The van der Waals surface area contributed by atoms with Crippen molar-refractivity contribution in [2.75, 3.05) is 17.2 Å². The molecule has 2 N–H and O–H groups in total. The van der Waals surface area contributed by atoms with Crippen LogP contribution in [0.3, 0.4) is 0 Å². The minimum Gasteiger partial charge on any atom is -0.366 e. The van der Waals surface area contributed by atoms with E-state index in [2.05, 4.69) is 43.1 Å². The van der Waals surface area contributed by atoms with Crippen LogP contribution in [0.1, 0.15) is 21.9 Å². The van der Waals surface area contributed by atoms with Crippen LogP contribution in [0.15, 0.2) is 41.4 Å². The molecule has 0 bridgehead atoms. The monoisotopic (exact) mass is 360 g/mol. The molecule has 0 saturated heterocycles. The Labute approximate surface area is 138 Å². The van der Waals surface area contributed by atoms with Gasteiger partial charge in [-0.2, -0.15) is 0 Å². The van der Waals surface area contributed by atoms with Crippen LogP contribution >= 0.6 is 15.9 Å². The van der Waals surface area contributed by atoms with Crippen molar-refractivity contribution in [3.05, 3.63) is 58.5 Å². The Hall–Kier alpha value is -2.21. The molecule has 1 aromatic carbocycles. The summed E-state index contributed by atoms with van der Waals surface area (Å²) in [5, 5.41) is 5.92. The average molecular weight is 361 g/mol. The van der Waals surface area contributed by atoms with Crippen molar-refractivity contribution in [3.63, 3.8) is 0 Å². The molecule has 1 aromatic heterocycles. The minimum atomic E-state index is -0.266.